The highest BCUT2D eigenvalue weighted by molar-refractivity contribution is 6.00. The molecule has 2 fully saturated rings. The van der Waals surface area contributed by atoms with E-state index in [0.29, 0.717) is 28.5 Å². The standard InChI is InChI=1S/C31H41NO4/c1-19-11-8-9-12-24(19)29(34)32-25-18-26-30(3,4)13-10-14-31(26,5)27(20(25)2)28(33)21-15-22(35-6)17-23(16-21)36-7/h8-9,11-12,15-17,20,25-27H,10,13-14,18H2,1-7H3,(H,32,34)/t20-,25-,26+,27-,31+/m1/s1. The first kappa shape index (κ1) is 26.2. The highest BCUT2D eigenvalue weighted by Gasteiger charge is 2.58. The molecule has 1 N–H and O–H groups in total. The van der Waals surface area contributed by atoms with Gasteiger partial charge in [-0.3, -0.25) is 9.59 Å². The van der Waals surface area contributed by atoms with Crippen LogP contribution in [0.2, 0.25) is 0 Å². The summed E-state index contributed by atoms with van der Waals surface area (Å²) < 4.78 is 10.9. The zero-order chi connectivity index (χ0) is 26.3. The van der Waals surface area contributed by atoms with Crippen molar-refractivity contribution in [1.82, 2.24) is 5.32 Å². The third-order valence-electron chi connectivity index (χ3n) is 9.26. The summed E-state index contributed by atoms with van der Waals surface area (Å²) in [6, 6.07) is 13.0. The lowest BCUT2D eigenvalue weighted by Gasteiger charge is -2.60. The minimum absolute atomic E-state index is 0.0159. The Hall–Kier alpha value is -2.82. The molecule has 0 aliphatic heterocycles. The van der Waals surface area contributed by atoms with E-state index in [0.717, 1.165) is 31.2 Å². The molecule has 0 unspecified atom stereocenters. The number of hydrogen-bond donors (Lipinski definition) is 1. The van der Waals surface area contributed by atoms with Crippen molar-refractivity contribution in [2.24, 2.45) is 28.6 Å². The predicted octanol–water partition coefficient (Wildman–Crippen LogP) is 6.48. The van der Waals surface area contributed by atoms with E-state index in [1.54, 1.807) is 20.3 Å². The van der Waals surface area contributed by atoms with Crippen LogP contribution < -0.4 is 14.8 Å². The van der Waals surface area contributed by atoms with Crippen molar-refractivity contribution in [3.8, 4) is 11.5 Å². The van der Waals surface area contributed by atoms with Crippen molar-refractivity contribution in [3.05, 3.63) is 59.2 Å². The van der Waals surface area contributed by atoms with E-state index in [2.05, 4.69) is 33.0 Å². The molecule has 0 saturated heterocycles. The van der Waals surface area contributed by atoms with E-state index in [9.17, 15) is 9.59 Å². The average Bonchev–Trinajstić information content (AvgIpc) is 2.84. The van der Waals surface area contributed by atoms with Gasteiger partial charge >= 0.3 is 0 Å². The summed E-state index contributed by atoms with van der Waals surface area (Å²) in [5.41, 5.74) is 2.19. The lowest BCUT2D eigenvalue weighted by atomic mass is 9.45. The molecule has 5 heteroatoms. The molecule has 5 nitrogen and oxygen atoms in total. The molecule has 5 atom stereocenters. The largest absolute Gasteiger partial charge is 0.497 e. The van der Waals surface area contributed by atoms with Crippen LogP contribution in [0.3, 0.4) is 0 Å². The smallest absolute Gasteiger partial charge is 0.251 e. The first-order valence-corrected chi connectivity index (χ1v) is 13.2. The number of carbonyl (C=O) groups excluding carboxylic acids is 2. The molecular weight excluding hydrogens is 450 g/mol. The highest BCUT2D eigenvalue weighted by Crippen LogP contribution is 2.61. The van der Waals surface area contributed by atoms with Crippen LogP contribution in [-0.4, -0.2) is 32.0 Å². The number of nitrogens with one attached hydrogen (secondary N) is 1. The van der Waals surface area contributed by atoms with Crippen LogP contribution in [0.25, 0.3) is 0 Å². The first-order chi connectivity index (χ1) is 17.0. The highest BCUT2D eigenvalue weighted by atomic mass is 16.5. The summed E-state index contributed by atoms with van der Waals surface area (Å²) >= 11 is 0. The second kappa shape index (κ2) is 9.91. The van der Waals surface area contributed by atoms with E-state index in [1.807, 2.05) is 43.3 Å². The quantitative estimate of drug-likeness (QED) is 0.470. The normalized spacial score (nSPS) is 29.1. The average molecular weight is 492 g/mol. The third-order valence-corrected chi connectivity index (χ3v) is 9.26. The van der Waals surface area contributed by atoms with Crippen LogP contribution in [0, 0.1) is 35.5 Å². The maximum Gasteiger partial charge on any atom is 0.251 e. The summed E-state index contributed by atoms with van der Waals surface area (Å²) in [7, 11) is 3.20. The van der Waals surface area contributed by atoms with Crippen LogP contribution in [0.1, 0.15) is 79.7 Å². The van der Waals surface area contributed by atoms with Gasteiger partial charge in [0.15, 0.2) is 5.78 Å². The maximum absolute atomic E-state index is 14.3. The van der Waals surface area contributed by atoms with Crippen molar-refractivity contribution >= 4 is 11.7 Å². The number of aryl methyl sites for hydroxylation is 1. The summed E-state index contributed by atoms with van der Waals surface area (Å²) in [6.07, 6.45) is 4.14. The SMILES string of the molecule is COc1cc(OC)cc(C(=O)[C@H]2[C@H](C)[C@H](NC(=O)c3ccccc3C)C[C@H]3C(C)(C)CCC[C@]23C)c1. The van der Waals surface area contributed by atoms with E-state index < -0.39 is 0 Å². The lowest BCUT2D eigenvalue weighted by molar-refractivity contribution is -0.0902. The van der Waals surface area contributed by atoms with E-state index >= 15 is 0 Å². The Morgan fingerprint density at radius 1 is 0.972 bits per heavy atom. The Morgan fingerprint density at radius 3 is 2.22 bits per heavy atom. The predicted molar refractivity (Wildman–Crippen MR) is 143 cm³/mol. The number of methoxy groups -OCH3 is 2. The molecular formula is C31H41NO4. The van der Waals surface area contributed by atoms with Gasteiger partial charge in [0.2, 0.25) is 0 Å². The Labute approximate surface area is 216 Å². The molecule has 2 saturated carbocycles. The first-order valence-electron chi connectivity index (χ1n) is 13.2. The maximum atomic E-state index is 14.3. The monoisotopic (exact) mass is 491 g/mol. The Balaban J connectivity index is 1.75. The second-order valence-corrected chi connectivity index (χ2v) is 11.8. The number of carbonyl (C=O) groups is 2. The zero-order valence-corrected chi connectivity index (χ0v) is 22.8. The third kappa shape index (κ3) is 4.65. The van der Waals surface area contributed by atoms with Gasteiger partial charge in [0.05, 0.1) is 14.2 Å². The number of hydrogen-bond acceptors (Lipinski definition) is 4. The summed E-state index contributed by atoms with van der Waals surface area (Å²) in [4.78, 5) is 27.7. The molecule has 2 aromatic rings. The number of ether oxygens (including phenoxy) is 2. The molecule has 194 valence electrons. The van der Waals surface area contributed by atoms with Crippen LogP contribution >= 0.6 is 0 Å². The molecule has 0 aromatic heterocycles. The Kier molecular flexibility index (Phi) is 7.23. The minimum atomic E-state index is -0.227. The van der Waals surface area contributed by atoms with Crippen LogP contribution in [-0.2, 0) is 0 Å². The fourth-order valence-electron chi connectivity index (χ4n) is 7.36. The summed E-state index contributed by atoms with van der Waals surface area (Å²) in [5.74, 6) is 1.34. The van der Waals surface area contributed by atoms with Gasteiger partial charge in [0.25, 0.3) is 5.91 Å². The fourth-order valence-corrected chi connectivity index (χ4v) is 7.36. The molecule has 1 amide bonds. The van der Waals surface area contributed by atoms with Gasteiger partial charge in [-0.2, -0.15) is 0 Å². The number of Topliss-reactive ketones (excluding diaryl/α,β-unsaturated/α-hetero) is 1. The van der Waals surface area contributed by atoms with Crippen molar-refractivity contribution in [1.29, 1.82) is 0 Å². The molecule has 0 spiro atoms. The molecule has 0 radical (unpaired) electrons. The van der Waals surface area contributed by atoms with Gasteiger partial charge in [-0.1, -0.05) is 52.3 Å². The number of benzene rings is 2. The molecule has 0 bridgehead atoms. The second-order valence-electron chi connectivity index (χ2n) is 11.8. The Morgan fingerprint density at radius 2 is 1.61 bits per heavy atom. The molecule has 0 heterocycles. The zero-order valence-electron chi connectivity index (χ0n) is 22.8. The topological polar surface area (TPSA) is 64.6 Å². The van der Waals surface area contributed by atoms with Crippen molar-refractivity contribution in [3.63, 3.8) is 0 Å². The van der Waals surface area contributed by atoms with Crippen molar-refractivity contribution < 1.29 is 19.1 Å². The lowest BCUT2D eigenvalue weighted by Crippen LogP contribution is -2.60. The van der Waals surface area contributed by atoms with Gasteiger partial charge < -0.3 is 14.8 Å². The van der Waals surface area contributed by atoms with E-state index in [4.69, 9.17) is 9.47 Å². The van der Waals surface area contributed by atoms with Crippen molar-refractivity contribution in [2.75, 3.05) is 14.2 Å². The molecule has 2 aromatic carbocycles. The van der Waals surface area contributed by atoms with E-state index in [1.165, 1.54) is 0 Å². The molecule has 2 aliphatic rings. The van der Waals surface area contributed by atoms with Crippen LogP contribution in [0.15, 0.2) is 42.5 Å². The fraction of sp³-hybridized carbons (Fsp3) is 0.548. The van der Waals surface area contributed by atoms with Gasteiger partial charge in [-0.05, 0) is 72.6 Å². The van der Waals surface area contributed by atoms with Crippen LogP contribution in [0.4, 0.5) is 0 Å². The number of ketones is 1. The van der Waals surface area contributed by atoms with Gasteiger partial charge in [-0.25, -0.2) is 0 Å². The number of rotatable bonds is 6. The minimum Gasteiger partial charge on any atom is -0.497 e. The number of fused-ring (bicyclic) bond motifs is 1. The molecule has 2 aliphatic carbocycles. The summed E-state index contributed by atoms with van der Waals surface area (Å²) in [5, 5.41) is 3.35. The number of amides is 1. The molecule has 36 heavy (non-hydrogen) atoms. The van der Waals surface area contributed by atoms with E-state index in [-0.39, 0.29) is 40.4 Å². The summed E-state index contributed by atoms with van der Waals surface area (Å²) in [6.45, 7) is 11.1. The van der Waals surface area contributed by atoms with Crippen molar-refractivity contribution in [2.45, 2.75) is 66.3 Å². The van der Waals surface area contributed by atoms with Crippen LogP contribution in [0.5, 0.6) is 11.5 Å². The van der Waals surface area contributed by atoms with Gasteiger partial charge in [0, 0.05) is 29.2 Å². The Bertz CT molecular complexity index is 1120. The van der Waals surface area contributed by atoms with Gasteiger partial charge in [-0.15, -0.1) is 0 Å². The van der Waals surface area contributed by atoms with Gasteiger partial charge in [0.1, 0.15) is 11.5 Å². The molecule has 4 rings (SSSR count).